The van der Waals surface area contributed by atoms with Crippen molar-refractivity contribution in [2.24, 2.45) is 0 Å². The van der Waals surface area contributed by atoms with Crippen LogP contribution in [0.3, 0.4) is 0 Å². The standard InChI is InChI=1S/C25H24N2O5S/c1-18(19-8-3-2-4-9-19)26-24(28)17-32-25(29)21-11-7-12-22(16-21)33(30,31)27-15-14-20-10-5-6-13-23(20)27/h2-13,16,18H,14-15,17H2,1H3,(H,26,28). The van der Waals surface area contributed by atoms with Crippen LogP contribution in [0.5, 0.6) is 0 Å². The van der Waals surface area contributed by atoms with Gasteiger partial charge in [0, 0.05) is 6.54 Å². The minimum Gasteiger partial charge on any atom is -0.452 e. The number of rotatable bonds is 7. The van der Waals surface area contributed by atoms with Crippen LogP contribution >= 0.6 is 0 Å². The van der Waals surface area contributed by atoms with Crippen molar-refractivity contribution in [2.45, 2.75) is 24.3 Å². The van der Waals surface area contributed by atoms with Crippen molar-refractivity contribution in [2.75, 3.05) is 17.5 Å². The molecule has 8 heteroatoms. The number of nitrogens with one attached hydrogen (secondary N) is 1. The summed E-state index contributed by atoms with van der Waals surface area (Å²) < 4.78 is 32.9. The summed E-state index contributed by atoms with van der Waals surface area (Å²) in [6, 6.07) is 22.2. The average Bonchev–Trinajstić information content (AvgIpc) is 3.28. The van der Waals surface area contributed by atoms with Gasteiger partial charge in [-0.2, -0.15) is 0 Å². The van der Waals surface area contributed by atoms with Crippen LogP contribution in [-0.4, -0.2) is 33.4 Å². The molecule has 0 saturated carbocycles. The molecule has 1 heterocycles. The smallest absolute Gasteiger partial charge is 0.338 e. The molecule has 33 heavy (non-hydrogen) atoms. The molecule has 1 N–H and O–H groups in total. The van der Waals surface area contributed by atoms with Crippen LogP contribution in [0.2, 0.25) is 0 Å². The molecule has 1 aliphatic rings. The second-order valence-electron chi connectivity index (χ2n) is 7.76. The van der Waals surface area contributed by atoms with Gasteiger partial charge in [0.15, 0.2) is 6.61 Å². The first-order valence-electron chi connectivity index (χ1n) is 10.6. The fourth-order valence-electron chi connectivity index (χ4n) is 3.79. The molecule has 170 valence electrons. The van der Waals surface area contributed by atoms with E-state index >= 15 is 0 Å². The lowest BCUT2D eigenvalue weighted by Crippen LogP contribution is -2.31. The first-order valence-corrected chi connectivity index (χ1v) is 12.0. The molecule has 4 rings (SSSR count). The van der Waals surface area contributed by atoms with Gasteiger partial charge in [0.1, 0.15) is 0 Å². The van der Waals surface area contributed by atoms with E-state index in [0.29, 0.717) is 18.7 Å². The van der Waals surface area contributed by atoms with E-state index in [1.807, 2.05) is 49.4 Å². The number of ether oxygens (including phenoxy) is 1. The van der Waals surface area contributed by atoms with Crippen LogP contribution in [0.15, 0.2) is 83.8 Å². The average molecular weight is 465 g/mol. The molecule has 3 aromatic rings. The molecular formula is C25H24N2O5S. The van der Waals surface area contributed by atoms with Crippen molar-refractivity contribution in [3.8, 4) is 0 Å². The van der Waals surface area contributed by atoms with Crippen molar-refractivity contribution in [1.29, 1.82) is 0 Å². The summed E-state index contributed by atoms with van der Waals surface area (Å²) in [6.45, 7) is 1.71. The zero-order valence-electron chi connectivity index (χ0n) is 18.1. The fourth-order valence-corrected chi connectivity index (χ4v) is 5.34. The van der Waals surface area contributed by atoms with Gasteiger partial charge in [0.2, 0.25) is 0 Å². The Bertz CT molecular complexity index is 1270. The van der Waals surface area contributed by atoms with Gasteiger partial charge in [-0.15, -0.1) is 0 Å². The second-order valence-corrected chi connectivity index (χ2v) is 9.62. The number of sulfonamides is 1. The summed E-state index contributed by atoms with van der Waals surface area (Å²) >= 11 is 0. The maximum atomic E-state index is 13.2. The minimum atomic E-state index is -3.84. The maximum absolute atomic E-state index is 13.2. The molecule has 0 spiro atoms. The van der Waals surface area contributed by atoms with Gasteiger partial charge in [-0.05, 0) is 48.7 Å². The Morgan fingerprint density at radius 1 is 1.00 bits per heavy atom. The minimum absolute atomic E-state index is 0.00388. The highest BCUT2D eigenvalue weighted by atomic mass is 32.2. The van der Waals surface area contributed by atoms with Crippen LogP contribution in [0.4, 0.5) is 5.69 Å². The number of amides is 1. The molecule has 1 atom stereocenters. The summed E-state index contributed by atoms with van der Waals surface area (Å²) in [7, 11) is -3.84. The SMILES string of the molecule is CC(NC(=O)COC(=O)c1cccc(S(=O)(=O)N2CCc3ccccc32)c1)c1ccccc1. The topological polar surface area (TPSA) is 92.8 Å². The van der Waals surface area contributed by atoms with Crippen molar-refractivity contribution in [1.82, 2.24) is 5.32 Å². The number of carbonyl (C=O) groups is 2. The quantitative estimate of drug-likeness (QED) is 0.541. The van der Waals surface area contributed by atoms with Gasteiger partial charge in [-0.3, -0.25) is 9.10 Å². The van der Waals surface area contributed by atoms with E-state index in [0.717, 1.165) is 11.1 Å². The zero-order chi connectivity index (χ0) is 23.4. The van der Waals surface area contributed by atoms with Crippen LogP contribution in [0.25, 0.3) is 0 Å². The molecule has 0 bridgehead atoms. The number of hydrogen-bond donors (Lipinski definition) is 1. The highest BCUT2D eigenvalue weighted by molar-refractivity contribution is 7.92. The van der Waals surface area contributed by atoms with Gasteiger partial charge in [-0.25, -0.2) is 13.2 Å². The third-order valence-electron chi connectivity index (χ3n) is 5.51. The fraction of sp³-hybridized carbons (Fsp3) is 0.200. The number of nitrogens with zero attached hydrogens (tertiary/aromatic N) is 1. The zero-order valence-corrected chi connectivity index (χ0v) is 18.9. The molecule has 7 nitrogen and oxygen atoms in total. The highest BCUT2D eigenvalue weighted by Crippen LogP contribution is 2.32. The van der Waals surface area contributed by atoms with Crippen molar-refractivity contribution in [3.05, 3.63) is 95.6 Å². The largest absolute Gasteiger partial charge is 0.452 e. The van der Waals surface area contributed by atoms with Crippen molar-refractivity contribution >= 4 is 27.6 Å². The second kappa shape index (κ2) is 9.46. The molecule has 0 saturated heterocycles. The summed E-state index contributed by atoms with van der Waals surface area (Å²) in [4.78, 5) is 24.7. The lowest BCUT2D eigenvalue weighted by molar-refractivity contribution is -0.124. The number of para-hydroxylation sites is 1. The molecular weight excluding hydrogens is 440 g/mol. The Labute approximate surface area is 193 Å². The van der Waals surface area contributed by atoms with E-state index in [1.54, 1.807) is 12.1 Å². The van der Waals surface area contributed by atoms with E-state index < -0.39 is 28.5 Å². The first-order chi connectivity index (χ1) is 15.9. The van der Waals surface area contributed by atoms with E-state index in [9.17, 15) is 18.0 Å². The Kier molecular flexibility index (Phi) is 6.46. The molecule has 1 amide bonds. The van der Waals surface area contributed by atoms with Crippen LogP contribution in [-0.2, 0) is 26.0 Å². The molecule has 0 aliphatic carbocycles. The molecule has 1 unspecified atom stereocenters. The Morgan fingerprint density at radius 2 is 1.73 bits per heavy atom. The maximum Gasteiger partial charge on any atom is 0.338 e. The predicted molar refractivity (Wildman–Crippen MR) is 124 cm³/mol. The third kappa shape index (κ3) is 4.90. The third-order valence-corrected chi connectivity index (χ3v) is 7.32. The van der Waals surface area contributed by atoms with E-state index in [1.165, 1.54) is 28.6 Å². The van der Waals surface area contributed by atoms with Crippen LogP contribution in [0.1, 0.15) is 34.5 Å². The lowest BCUT2D eigenvalue weighted by Gasteiger charge is -2.20. The Hall–Kier alpha value is -3.65. The molecule has 0 aromatic heterocycles. The molecule has 0 radical (unpaired) electrons. The van der Waals surface area contributed by atoms with Crippen LogP contribution < -0.4 is 9.62 Å². The molecule has 3 aromatic carbocycles. The van der Waals surface area contributed by atoms with Gasteiger partial charge in [0.05, 0.1) is 22.2 Å². The van der Waals surface area contributed by atoms with Crippen molar-refractivity contribution < 1.29 is 22.7 Å². The lowest BCUT2D eigenvalue weighted by atomic mass is 10.1. The normalized spacial score (nSPS) is 13.8. The Balaban J connectivity index is 1.41. The van der Waals surface area contributed by atoms with Crippen molar-refractivity contribution in [3.63, 3.8) is 0 Å². The van der Waals surface area contributed by atoms with Crippen LogP contribution in [0, 0.1) is 0 Å². The summed E-state index contributed by atoms with van der Waals surface area (Å²) in [5.41, 5.74) is 2.60. The predicted octanol–water partition coefficient (Wildman–Crippen LogP) is 3.47. The molecule has 0 fully saturated rings. The van der Waals surface area contributed by atoms with Gasteiger partial charge in [-0.1, -0.05) is 54.6 Å². The Morgan fingerprint density at radius 3 is 2.52 bits per heavy atom. The van der Waals surface area contributed by atoms with E-state index in [-0.39, 0.29) is 16.5 Å². The number of fused-ring (bicyclic) bond motifs is 1. The summed E-state index contributed by atoms with van der Waals surface area (Å²) in [5.74, 6) is -1.21. The summed E-state index contributed by atoms with van der Waals surface area (Å²) in [6.07, 6.45) is 0.633. The van der Waals surface area contributed by atoms with Gasteiger partial charge < -0.3 is 10.1 Å². The number of anilines is 1. The van der Waals surface area contributed by atoms with Gasteiger partial charge >= 0.3 is 5.97 Å². The highest BCUT2D eigenvalue weighted by Gasteiger charge is 2.31. The first kappa shape index (κ1) is 22.5. The molecule has 1 aliphatic heterocycles. The number of benzene rings is 3. The van der Waals surface area contributed by atoms with E-state index in [2.05, 4.69) is 5.32 Å². The summed E-state index contributed by atoms with van der Waals surface area (Å²) in [5, 5.41) is 2.77. The number of esters is 1. The monoisotopic (exact) mass is 464 g/mol. The van der Waals surface area contributed by atoms with E-state index in [4.69, 9.17) is 4.74 Å². The number of hydrogen-bond acceptors (Lipinski definition) is 5. The number of carbonyl (C=O) groups excluding carboxylic acids is 2. The van der Waals surface area contributed by atoms with Gasteiger partial charge in [0.25, 0.3) is 15.9 Å².